The number of para-hydroxylation sites is 1. The highest BCUT2D eigenvalue weighted by Gasteiger charge is 2.27. The van der Waals surface area contributed by atoms with Crippen LogP contribution in [-0.4, -0.2) is 30.5 Å². The van der Waals surface area contributed by atoms with Crippen molar-refractivity contribution in [1.82, 2.24) is 5.32 Å². The van der Waals surface area contributed by atoms with Crippen molar-refractivity contribution >= 4 is 17.6 Å². The molecule has 7 heteroatoms. The Hall–Kier alpha value is -2.44. The van der Waals surface area contributed by atoms with E-state index in [2.05, 4.69) is 5.32 Å². The van der Waals surface area contributed by atoms with Crippen LogP contribution in [0.5, 0.6) is 0 Å². The normalized spacial score (nSPS) is 20.2. The second-order valence-electron chi connectivity index (χ2n) is 6.11. The van der Waals surface area contributed by atoms with Crippen molar-refractivity contribution in [1.29, 1.82) is 0 Å². The molecule has 0 aliphatic heterocycles. The van der Waals surface area contributed by atoms with E-state index >= 15 is 0 Å². The summed E-state index contributed by atoms with van der Waals surface area (Å²) in [7, 11) is 1.40. The van der Waals surface area contributed by atoms with Crippen molar-refractivity contribution in [2.24, 2.45) is 11.8 Å². The van der Waals surface area contributed by atoms with Crippen LogP contribution in [0.3, 0.4) is 0 Å². The Balaban J connectivity index is 1.79. The molecule has 0 heterocycles. The van der Waals surface area contributed by atoms with Crippen LogP contribution in [0, 0.1) is 22.0 Å². The zero-order chi connectivity index (χ0) is 17.5. The first kappa shape index (κ1) is 17.9. The smallest absolute Gasteiger partial charge is 0.308 e. The fraction of sp³-hybridized carbons (Fsp3) is 0.529. The average Bonchev–Trinajstić information content (AvgIpc) is 2.60. The molecule has 1 aromatic carbocycles. The molecule has 0 atom stereocenters. The fourth-order valence-corrected chi connectivity index (χ4v) is 3.10. The van der Waals surface area contributed by atoms with Crippen LogP contribution in [0.2, 0.25) is 0 Å². The predicted octanol–water partition coefficient (Wildman–Crippen LogP) is 2.23. The maximum atomic E-state index is 12.0. The average molecular weight is 334 g/mol. The Morgan fingerprint density at radius 1 is 1.25 bits per heavy atom. The van der Waals surface area contributed by atoms with Crippen LogP contribution >= 0.6 is 0 Å². The van der Waals surface area contributed by atoms with E-state index in [4.69, 9.17) is 4.74 Å². The molecule has 1 aromatic rings. The van der Waals surface area contributed by atoms with Crippen molar-refractivity contribution < 1.29 is 19.2 Å². The van der Waals surface area contributed by atoms with Gasteiger partial charge < -0.3 is 10.1 Å². The lowest BCUT2D eigenvalue weighted by molar-refractivity contribution is -0.385. The van der Waals surface area contributed by atoms with E-state index in [1.165, 1.54) is 13.2 Å². The van der Waals surface area contributed by atoms with Gasteiger partial charge in [-0.2, -0.15) is 0 Å². The summed E-state index contributed by atoms with van der Waals surface area (Å²) in [5.74, 6) is -0.0807. The lowest BCUT2D eigenvalue weighted by Gasteiger charge is -2.26. The largest absolute Gasteiger partial charge is 0.469 e. The Morgan fingerprint density at radius 3 is 2.54 bits per heavy atom. The Bertz CT molecular complexity index is 609. The van der Waals surface area contributed by atoms with Crippen LogP contribution in [0.15, 0.2) is 24.3 Å². The number of nitro benzene ring substituents is 1. The monoisotopic (exact) mass is 334 g/mol. The van der Waals surface area contributed by atoms with Crippen molar-refractivity contribution in [2.45, 2.75) is 32.1 Å². The number of esters is 1. The maximum Gasteiger partial charge on any atom is 0.308 e. The number of carbonyl (C=O) groups excluding carboxylic acids is 2. The van der Waals surface area contributed by atoms with Crippen molar-refractivity contribution in [3.05, 3.63) is 39.9 Å². The van der Waals surface area contributed by atoms with E-state index in [9.17, 15) is 19.7 Å². The molecule has 1 fully saturated rings. The molecule has 1 aliphatic carbocycles. The lowest BCUT2D eigenvalue weighted by Crippen LogP contribution is -2.33. The lowest BCUT2D eigenvalue weighted by atomic mass is 9.82. The zero-order valence-electron chi connectivity index (χ0n) is 13.7. The molecule has 24 heavy (non-hydrogen) atoms. The number of methoxy groups -OCH3 is 1. The molecule has 7 nitrogen and oxygen atoms in total. The van der Waals surface area contributed by atoms with Gasteiger partial charge in [0.1, 0.15) is 0 Å². The van der Waals surface area contributed by atoms with Crippen LogP contribution in [0.4, 0.5) is 5.69 Å². The van der Waals surface area contributed by atoms with Gasteiger partial charge in [0, 0.05) is 18.2 Å². The molecule has 130 valence electrons. The van der Waals surface area contributed by atoms with Crippen molar-refractivity contribution in [2.75, 3.05) is 13.7 Å². The third kappa shape index (κ3) is 4.78. The van der Waals surface area contributed by atoms with Gasteiger partial charge in [0.2, 0.25) is 5.91 Å². The molecule has 0 unspecified atom stereocenters. The number of carbonyl (C=O) groups is 2. The summed E-state index contributed by atoms with van der Waals surface area (Å²) < 4.78 is 4.76. The fourth-order valence-electron chi connectivity index (χ4n) is 3.10. The molecule has 1 amide bonds. The van der Waals surface area contributed by atoms with E-state index in [-0.39, 0.29) is 29.9 Å². The Labute approximate surface area is 140 Å². The van der Waals surface area contributed by atoms with E-state index < -0.39 is 4.92 Å². The standard InChI is InChI=1S/C17H22N2O5/c1-24-17(21)13-8-6-12(7-9-13)11-18-16(20)10-14-4-2-3-5-15(14)19(22)23/h2-5,12-13H,6-11H2,1H3,(H,18,20)/t12-,13-. The second-order valence-corrected chi connectivity index (χ2v) is 6.11. The molecule has 1 saturated carbocycles. The van der Waals surface area contributed by atoms with E-state index in [1.54, 1.807) is 18.2 Å². The van der Waals surface area contributed by atoms with Gasteiger partial charge in [-0.25, -0.2) is 0 Å². The molecule has 2 rings (SSSR count). The summed E-state index contributed by atoms with van der Waals surface area (Å²) in [6, 6.07) is 6.26. The minimum absolute atomic E-state index is 0.00530. The SMILES string of the molecule is COC(=O)[C@H]1CC[C@H](CNC(=O)Cc2ccccc2[N+](=O)[O-])CC1. The molecule has 0 saturated heterocycles. The summed E-state index contributed by atoms with van der Waals surface area (Å²) in [6.07, 6.45) is 3.28. The minimum Gasteiger partial charge on any atom is -0.469 e. The van der Waals surface area contributed by atoms with E-state index in [0.29, 0.717) is 18.0 Å². The molecular weight excluding hydrogens is 312 g/mol. The Morgan fingerprint density at radius 2 is 1.92 bits per heavy atom. The van der Waals surface area contributed by atoms with E-state index in [1.807, 2.05) is 0 Å². The summed E-state index contributed by atoms with van der Waals surface area (Å²) in [6.45, 7) is 0.535. The summed E-state index contributed by atoms with van der Waals surface area (Å²) in [5.41, 5.74) is 0.376. The van der Waals surface area contributed by atoms with Crippen LogP contribution in [-0.2, 0) is 20.7 Å². The van der Waals surface area contributed by atoms with E-state index in [0.717, 1.165) is 25.7 Å². The highest BCUT2D eigenvalue weighted by molar-refractivity contribution is 5.79. The summed E-state index contributed by atoms with van der Waals surface area (Å²) in [5, 5.41) is 13.8. The van der Waals surface area contributed by atoms with Gasteiger partial charge >= 0.3 is 5.97 Å². The molecule has 1 N–H and O–H groups in total. The minimum atomic E-state index is -0.475. The second kappa shape index (κ2) is 8.42. The number of amides is 1. The van der Waals surface area contributed by atoms with Crippen molar-refractivity contribution in [3.8, 4) is 0 Å². The number of benzene rings is 1. The van der Waals surface area contributed by atoms with Gasteiger partial charge in [-0.3, -0.25) is 19.7 Å². The molecule has 0 aromatic heterocycles. The third-order valence-corrected chi connectivity index (χ3v) is 4.51. The summed E-state index contributed by atoms with van der Waals surface area (Å²) >= 11 is 0. The quantitative estimate of drug-likeness (QED) is 0.489. The molecule has 0 radical (unpaired) electrons. The topological polar surface area (TPSA) is 98.5 Å². The number of nitrogens with zero attached hydrogens (tertiary/aromatic N) is 1. The van der Waals surface area contributed by atoms with Crippen LogP contribution < -0.4 is 5.32 Å². The van der Waals surface area contributed by atoms with Gasteiger partial charge in [-0.05, 0) is 31.6 Å². The first-order chi connectivity index (χ1) is 11.5. The molecule has 1 aliphatic rings. The molecular formula is C17H22N2O5. The van der Waals surface area contributed by atoms with Crippen LogP contribution in [0.1, 0.15) is 31.2 Å². The van der Waals surface area contributed by atoms with Gasteiger partial charge in [-0.15, -0.1) is 0 Å². The highest BCUT2D eigenvalue weighted by atomic mass is 16.6. The number of hydrogen-bond donors (Lipinski definition) is 1. The first-order valence-corrected chi connectivity index (χ1v) is 8.08. The van der Waals surface area contributed by atoms with Gasteiger partial charge in [0.25, 0.3) is 5.69 Å². The highest BCUT2D eigenvalue weighted by Crippen LogP contribution is 2.29. The number of nitro groups is 1. The van der Waals surface area contributed by atoms with Crippen LogP contribution in [0.25, 0.3) is 0 Å². The molecule has 0 spiro atoms. The van der Waals surface area contributed by atoms with Crippen molar-refractivity contribution in [3.63, 3.8) is 0 Å². The predicted molar refractivity (Wildman–Crippen MR) is 87.3 cm³/mol. The number of hydrogen-bond acceptors (Lipinski definition) is 5. The van der Waals surface area contributed by atoms with Gasteiger partial charge in [0.05, 0.1) is 24.4 Å². The molecule has 0 bridgehead atoms. The number of ether oxygens (including phenoxy) is 1. The Kier molecular flexibility index (Phi) is 6.28. The summed E-state index contributed by atoms with van der Waals surface area (Å²) in [4.78, 5) is 34.0. The number of rotatable bonds is 6. The first-order valence-electron chi connectivity index (χ1n) is 8.08. The zero-order valence-corrected chi connectivity index (χ0v) is 13.7. The maximum absolute atomic E-state index is 12.0. The van der Waals surface area contributed by atoms with Gasteiger partial charge in [0.15, 0.2) is 0 Å². The third-order valence-electron chi connectivity index (χ3n) is 4.51. The number of nitrogens with one attached hydrogen (secondary N) is 1. The van der Waals surface area contributed by atoms with Gasteiger partial charge in [-0.1, -0.05) is 18.2 Å².